The Balaban J connectivity index is 1.13. The molecule has 13 heteroatoms. The molecule has 3 heterocycles. The number of rotatable bonds is 4. The first-order valence-electron chi connectivity index (χ1n) is 18.9. The van der Waals surface area contributed by atoms with Crippen LogP contribution in [0.2, 0.25) is 5.02 Å². The van der Waals surface area contributed by atoms with Crippen LogP contribution in [0.1, 0.15) is 78.4 Å². The minimum Gasteiger partial charge on any atom is -0.490 e. The molecule has 2 fully saturated rings. The number of anilines is 1. The van der Waals surface area contributed by atoms with Gasteiger partial charge in [0, 0.05) is 61.4 Å². The van der Waals surface area contributed by atoms with Gasteiger partial charge in [0.1, 0.15) is 15.7 Å². The third-order valence-electron chi connectivity index (χ3n) is 12.0. The van der Waals surface area contributed by atoms with Crippen molar-refractivity contribution in [2.45, 2.75) is 75.3 Å². The number of ether oxygens (including phenoxy) is 2. The number of carbonyl (C=O) groups excluding carboxylic acids is 2. The number of allylic oxidation sites excluding steroid dienone is 1. The summed E-state index contributed by atoms with van der Waals surface area (Å²) in [5.41, 5.74) is 4.45. The molecule has 3 amide bonds. The first-order valence-corrected chi connectivity index (χ1v) is 20.9. The number of methoxy groups -OCH3 is 1. The standard InChI is InChI=1S/C40H49ClN6O5S/c1-25-6-4-8-36(51-3)31-12-9-28(31)21-47-23-40(15-5-7-26-16-30(41)11-13-33(26)40)24-52-37-14-10-27(17-35(37)47)38(48)44-53(50,22-25)45-39(49)43-34-18-32(34)29-19-42-46(2)20-29/h4,8,10-11,13-14,16-17,19-20,25,28,31-32,34,36H,5-7,9,12,15,18,21-24H2,1-3H3,(H2,43,44,45,48,49,50)/b8-4+/t25-,28-,31+,32?,34+,36-,40-,53?/m0/s1. The Morgan fingerprint density at radius 2 is 2.06 bits per heavy atom. The van der Waals surface area contributed by atoms with Crippen LogP contribution in [0.4, 0.5) is 10.5 Å². The molecule has 53 heavy (non-hydrogen) atoms. The van der Waals surface area contributed by atoms with E-state index >= 15 is 0 Å². The number of aryl methyl sites for hydroxylation is 2. The predicted molar refractivity (Wildman–Crippen MR) is 206 cm³/mol. The summed E-state index contributed by atoms with van der Waals surface area (Å²) in [6, 6.07) is 10.9. The van der Waals surface area contributed by atoms with E-state index in [1.807, 2.05) is 38.4 Å². The van der Waals surface area contributed by atoms with Gasteiger partial charge in [0.2, 0.25) is 0 Å². The number of benzene rings is 2. The molecule has 2 unspecified atom stereocenters. The summed E-state index contributed by atoms with van der Waals surface area (Å²) in [5.74, 6) is 0.823. The Kier molecular flexibility index (Phi) is 9.82. The van der Waals surface area contributed by atoms with Gasteiger partial charge in [-0.15, -0.1) is 4.36 Å². The van der Waals surface area contributed by atoms with Crippen molar-refractivity contribution in [2.24, 2.45) is 29.2 Å². The molecule has 2 aliphatic heterocycles. The molecule has 11 nitrogen and oxygen atoms in total. The third kappa shape index (κ3) is 7.47. The van der Waals surface area contributed by atoms with E-state index < -0.39 is 21.9 Å². The van der Waals surface area contributed by atoms with E-state index in [0.717, 1.165) is 67.9 Å². The third-order valence-corrected chi connectivity index (χ3v) is 14.2. The second kappa shape index (κ2) is 14.4. The van der Waals surface area contributed by atoms with E-state index in [-0.39, 0.29) is 35.1 Å². The fourth-order valence-electron chi connectivity index (χ4n) is 9.06. The average molecular weight is 761 g/mol. The van der Waals surface area contributed by atoms with E-state index in [1.165, 1.54) is 11.1 Å². The highest BCUT2D eigenvalue weighted by Crippen LogP contribution is 2.47. The molecule has 2 saturated carbocycles. The molecule has 2 N–H and O–H groups in total. The lowest BCUT2D eigenvalue weighted by molar-refractivity contribution is 0.0131. The second-order valence-corrected chi connectivity index (χ2v) is 18.4. The first kappa shape index (κ1) is 36.1. The number of hydrogen-bond donors (Lipinski definition) is 2. The quantitative estimate of drug-likeness (QED) is 0.289. The van der Waals surface area contributed by atoms with Crippen molar-refractivity contribution in [3.8, 4) is 5.75 Å². The Morgan fingerprint density at radius 3 is 2.83 bits per heavy atom. The maximum absolute atomic E-state index is 14.6. The van der Waals surface area contributed by atoms with Crippen LogP contribution in [0.5, 0.6) is 5.75 Å². The summed E-state index contributed by atoms with van der Waals surface area (Å²) >= 11 is 6.47. The van der Waals surface area contributed by atoms with Gasteiger partial charge < -0.3 is 19.7 Å². The number of aromatic nitrogens is 2. The molecule has 8 rings (SSSR count). The Morgan fingerprint density at radius 1 is 1.19 bits per heavy atom. The molecule has 8 atom stereocenters. The number of carbonyl (C=O) groups is 2. The minimum atomic E-state index is -3.51. The number of fused-ring (bicyclic) bond motifs is 4. The van der Waals surface area contributed by atoms with Gasteiger partial charge >= 0.3 is 6.03 Å². The van der Waals surface area contributed by atoms with Gasteiger partial charge in [-0.1, -0.05) is 36.7 Å². The lowest BCUT2D eigenvalue weighted by atomic mass is 9.68. The Labute approximate surface area is 317 Å². The van der Waals surface area contributed by atoms with Gasteiger partial charge in [-0.05, 0) is 110 Å². The molecular weight excluding hydrogens is 712 g/mol. The van der Waals surface area contributed by atoms with Crippen molar-refractivity contribution >= 4 is 39.1 Å². The number of hydrogen-bond acceptors (Lipinski definition) is 7. The molecule has 5 aliphatic rings. The van der Waals surface area contributed by atoms with Crippen LogP contribution in [0, 0.1) is 17.8 Å². The monoisotopic (exact) mass is 760 g/mol. The molecule has 0 saturated heterocycles. The number of nitrogens with one attached hydrogen (secondary N) is 2. The largest absolute Gasteiger partial charge is 0.490 e. The second-order valence-electron chi connectivity index (χ2n) is 15.9. The zero-order valence-corrected chi connectivity index (χ0v) is 32.2. The number of amides is 3. The summed E-state index contributed by atoms with van der Waals surface area (Å²) in [5, 5.41) is 7.92. The molecule has 1 spiro atoms. The van der Waals surface area contributed by atoms with Crippen molar-refractivity contribution in [3.63, 3.8) is 0 Å². The predicted octanol–water partition coefficient (Wildman–Crippen LogP) is 6.56. The normalized spacial score (nSPS) is 32.9. The van der Waals surface area contributed by atoms with E-state index in [2.05, 4.69) is 48.7 Å². The fourth-order valence-corrected chi connectivity index (χ4v) is 11.1. The molecule has 3 aromatic rings. The number of nitrogens with zero attached hydrogens (tertiary/aromatic N) is 4. The van der Waals surface area contributed by atoms with Crippen LogP contribution < -0.4 is 19.7 Å². The van der Waals surface area contributed by atoms with E-state index in [1.54, 1.807) is 24.1 Å². The molecule has 3 aliphatic carbocycles. The van der Waals surface area contributed by atoms with Gasteiger partial charge in [0.25, 0.3) is 5.91 Å². The van der Waals surface area contributed by atoms with Crippen molar-refractivity contribution in [2.75, 3.05) is 37.5 Å². The SMILES string of the molecule is CO[C@H]1/C=C/C[C@H](C)CS(=O)(NC(=O)N[C@@H]2CC2c2cnn(C)c2)=NC(=O)c2ccc3c(c2)N(C[C@@H]2CC[C@H]21)C[C@@]1(CCCc2cc(Cl)ccc21)CO3. The first-order chi connectivity index (χ1) is 25.5. The van der Waals surface area contributed by atoms with Gasteiger partial charge in [0.05, 0.1) is 30.3 Å². The number of urea groups is 1. The number of halogens is 1. The minimum absolute atomic E-state index is 0.0169. The van der Waals surface area contributed by atoms with Crippen LogP contribution >= 0.6 is 11.6 Å². The summed E-state index contributed by atoms with van der Waals surface area (Å²) in [4.78, 5) is 29.8. The van der Waals surface area contributed by atoms with Crippen LogP contribution in [0.3, 0.4) is 0 Å². The van der Waals surface area contributed by atoms with Crippen LogP contribution in [0.25, 0.3) is 0 Å². The Hall–Kier alpha value is -3.87. The fraction of sp³-hybridized carbons (Fsp3) is 0.525. The molecule has 2 aromatic carbocycles. The van der Waals surface area contributed by atoms with E-state index in [9.17, 15) is 13.8 Å². The zero-order chi connectivity index (χ0) is 36.9. The molecule has 282 valence electrons. The van der Waals surface area contributed by atoms with Crippen molar-refractivity contribution in [1.82, 2.24) is 19.8 Å². The van der Waals surface area contributed by atoms with Crippen LogP contribution in [-0.2, 0) is 33.5 Å². The van der Waals surface area contributed by atoms with E-state index in [4.69, 9.17) is 21.1 Å². The van der Waals surface area contributed by atoms with Gasteiger partial charge in [-0.2, -0.15) is 5.10 Å². The molecule has 1 aromatic heterocycles. The lowest BCUT2D eigenvalue weighted by Gasteiger charge is -2.46. The highest BCUT2D eigenvalue weighted by atomic mass is 35.5. The van der Waals surface area contributed by atoms with Crippen LogP contribution in [0.15, 0.2) is 65.3 Å². The smallest absolute Gasteiger partial charge is 0.327 e. The summed E-state index contributed by atoms with van der Waals surface area (Å²) in [6.07, 6.45) is 14.4. The molecular formula is C40H49ClN6O5S. The van der Waals surface area contributed by atoms with E-state index in [0.29, 0.717) is 36.2 Å². The summed E-state index contributed by atoms with van der Waals surface area (Å²) < 4.78 is 36.0. The summed E-state index contributed by atoms with van der Waals surface area (Å²) in [6.45, 7) is 3.97. The maximum Gasteiger partial charge on any atom is 0.327 e. The van der Waals surface area contributed by atoms with Crippen LogP contribution in [-0.4, -0.2) is 70.6 Å². The topological polar surface area (TPSA) is 127 Å². The lowest BCUT2D eigenvalue weighted by Crippen LogP contribution is -2.49. The van der Waals surface area contributed by atoms with Crippen molar-refractivity contribution in [1.29, 1.82) is 0 Å². The summed E-state index contributed by atoms with van der Waals surface area (Å²) in [7, 11) is 0.112. The maximum atomic E-state index is 14.6. The highest BCUT2D eigenvalue weighted by Gasteiger charge is 2.45. The van der Waals surface area contributed by atoms with Gasteiger partial charge in [0.15, 0.2) is 0 Å². The van der Waals surface area contributed by atoms with Gasteiger partial charge in [-0.3, -0.25) is 14.2 Å². The highest BCUT2D eigenvalue weighted by molar-refractivity contribution is 7.92. The molecule has 2 bridgehead atoms. The average Bonchev–Trinajstić information content (AvgIpc) is 3.76. The Bertz CT molecular complexity index is 2060. The van der Waals surface area contributed by atoms with Gasteiger partial charge in [-0.25, -0.2) is 9.00 Å². The molecule has 0 radical (unpaired) electrons. The zero-order valence-electron chi connectivity index (χ0n) is 30.6. The van der Waals surface area contributed by atoms with Crippen molar-refractivity contribution in [3.05, 3.63) is 88.2 Å². The van der Waals surface area contributed by atoms with Crippen molar-refractivity contribution < 1.29 is 23.3 Å².